The van der Waals surface area contributed by atoms with Gasteiger partial charge in [-0.1, -0.05) is 28.1 Å². The van der Waals surface area contributed by atoms with Crippen LogP contribution in [0.1, 0.15) is 4.88 Å². The first-order valence-electron chi connectivity index (χ1n) is 4.94. The van der Waals surface area contributed by atoms with Crippen LogP contribution in [0.15, 0.2) is 39.7 Å². The number of aliphatic hydroxyl groups excluding tert-OH is 1. The van der Waals surface area contributed by atoms with Crippen LogP contribution in [0.25, 0.3) is 10.4 Å². The maximum Gasteiger partial charge on any atom is 0.239 e. The number of hydrogen-bond acceptors (Lipinski definition) is 4. The van der Waals surface area contributed by atoms with E-state index in [4.69, 9.17) is 10.2 Å². The van der Waals surface area contributed by atoms with Gasteiger partial charge in [-0.05, 0) is 23.8 Å². The van der Waals surface area contributed by atoms with Gasteiger partial charge in [-0.3, -0.25) is 0 Å². The smallest absolute Gasteiger partial charge is 0.239 e. The van der Waals surface area contributed by atoms with Gasteiger partial charge in [-0.2, -0.15) is 0 Å². The zero-order chi connectivity index (χ0) is 13.3. The van der Waals surface area contributed by atoms with E-state index in [1.54, 1.807) is 0 Å². The molecule has 0 radical (unpaired) electrons. The molecule has 18 heavy (non-hydrogen) atoms. The Bertz CT molecular complexity index is 662. The summed E-state index contributed by atoms with van der Waals surface area (Å²) in [6, 6.07) is 8.96. The largest absolute Gasteiger partial charge is 0.391 e. The Morgan fingerprint density at radius 3 is 2.33 bits per heavy atom. The molecule has 1 aromatic carbocycles. The van der Waals surface area contributed by atoms with E-state index in [-0.39, 0.29) is 11.5 Å². The molecule has 0 aliphatic heterocycles. The normalized spacial score (nSPS) is 11.7. The second kappa shape index (κ2) is 5.10. The highest BCUT2D eigenvalue weighted by molar-refractivity contribution is 9.10. The van der Waals surface area contributed by atoms with Gasteiger partial charge in [0.05, 0.1) is 16.4 Å². The summed E-state index contributed by atoms with van der Waals surface area (Å²) in [5.41, 5.74) is 0.882. The standard InChI is InChI=1S/C11H10BrNO3S2/c12-8-3-1-7(2-4-8)9-5-11(18(13,15)16)10(6-14)17-9/h1-5,14H,6H2,(H2,13,15,16). The van der Waals surface area contributed by atoms with Gasteiger partial charge in [0.2, 0.25) is 10.0 Å². The second-order valence-corrected chi connectivity index (χ2v) is 7.19. The van der Waals surface area contributed by atoms with Crippen molar-refractivity contribution >= 4 is 37.3 Å². The van der Waals surface area contributed by atoms with Gasteiger partial charge in [0.25, 0.3) is 0 Å². The van der Waals surface area contributed by atoms with Crippen molar-refractivity contribution in [1.29, 1.82) is 0 Å². The van der Waals surface area contributed by atoms with Gasteiger partial charge in [0.15, 0.2) is 0 Å². The van der Waals surface area contributed by atoms with Crippen molar-refractivity contribution in [3.05, 3.63) is 39.7 Å². The number of thiophene rings is 1. The van der Waals surface area contributed by atoms with Gasteiger partial charge < -0.3 is 5.11 Å². The first-order valence-corrected chi connectivity index (χ1v) is 8.09. The number of rotatable bonds is 3. The average Bonchev–Trinajstić information content (AvgIpc) is 2.73. The Morgan fingerprint density at radius 1 is 1.28 bits per heavy atom. The molecular formula is C11H10BrNO3S2. The number of sulfonamides is 1. The van der Waals surface area contributed by atoms with Crippen LogP contribution in [0, 0.1) is 0 Å². The Hall–Kier alpha value is -0.730. The number of hydrogen-bond donors (Lipinski definition) is 2. The minimum absolute atomic E-state index is 0.00656. The van der Waals surface area contributed by atoms with E-state index < -0.39 is 10.0 Å². The quantitative estimate of drug-likeness (QED) is 0.893. The number of primary sulfonamides is 1. The zero-order valence-electron chi connectivity index (χ0n) is 9.13. The number of nitrogens with two attached hydrogens (primary N) is 1. The summed E-state index contributed by atoms with van der Waals surface area (Å²) >= 11 is 4.55. The summed E-state index contributed by atoms with van der Waals surface area (Å²) in [5, 5.41) is 14.3. The second-order valence-electron chi connectivity index (χ2n) is 3.61. The molecule has 1 heterocycles. The average molecular weight is 348 g/mol. The van der Waals surface area contributed by atoms with Crippen LogP contribution in [0.2, 0.25) is 0 Å². The van der Waals surface area contributed by atoms with E-state index in [0.29, 0.717) is 4.88 Å². The fourth-order valence-corrected chi connectivity index (χ4v) is 3.92. The van der Waals surface area contributed by atoms with Gasteiger partial charge in [0, 0.05) is 9.35 Å². The van der Waals surface area contributed by atoms with Crippen LogP contribution in [-0.4, -0.2) is 13.5 Å². The first-order chi connectivity index (χ1) is 8.41. The fraction of sp³-hybridized carbons (Fsp3) is 0.0909. The monoisotopic (exact) mass is 347 g/mol. The maximum absolute atomic E-state index is 11.4. The van der Waals surface area contributed by atoms with Crippen molar-refractivity contribution in [2.24, 2.45) is 5.14 Å². The molecule has 4 nitrogen and oxygen atoms in total. The Morgan fingerprint density at radius 2 is 1.89 bits per heavy atom. The summed E-state index contributed by atoms with van der Waals surface area (Å²) in [6.07, 6.45) is 0. The van der Waals surface area contributed by atoms with E-state index in [2.05, 4.69) is 15.9 Å². The van der Waals surface area contributed by atoms with Crippen molar-refractivity contribution in [2.45, 2.75) is 11.5 Å². The fourth-order valence-electron chi connectivity index (χ4n) is 1.52. The molecule has 0 fully saturated rings. The summed E-state index contributed by atoms with van der Waals surface area (Å²) in [5.74, 6) is 0. The summed E-state index contributed by atoms with van der Waals surface area (Å²) < 4.78 is 23.7. The molecule has 2 aromatic rings. The molecule has 0 saturated heterocycles. The Balaban J connectivity index is 2.54. The third-order valence-corrected chi connectivity index (χ3v) is 5.15. The molecule has 2 rings (SSSR count). The van der Waals surface area contributed by atoms with Crippen LogP contribution in [-0.2, 0) is 16.6 Å². The molecule has 0 bridgehead atoms. The van der Waals surface area contributed by atoms with Crippen molar-refractivity contribution < 1.29 is 13.5 Å². The van der Waals surface area contributed by atoms with Gasteiger partial charge in [0.1, 0.15) is 0 Å². The van der Waals surface area contributed by atoms with Gasteiger partial charge in [-0.15, -0.1) is 11.3 Å². The van der Waals surface area contributed by atoms with Crippen molar-refractivity contribution in [1.82, 2.24) is 0 Å². The molecule has 0 spiro atoms. The van der Waals surface area contributed by atoms with E-state index >= 15 is 0 Å². The van der Waals surface area contributed by atoms with Crippen molar-refractivity contribution in [3.63, 3.8) is 0 Å². The molecule has 0 aliphatic carbocycles. The molecule has 3 N–H and O–H groups in total. The van der Waals surface area contributed by atoms with E-state index in [0.717, 1.165) is 14.9 Å². The minimum atomic E-state index is -3.80. The lowest BCUT2D eigenvalue weighted by Crippen LogP contribution is -2.12. The molecule has 96 valence electrons. The van der Waals surface area contributed by atoms with Crippen LogP contribution < -0.4 is 5.14 Å². The molecule has 0 aliphatic rings. The Labute approximate surface area is 117 Å². The third kappa shape index (κ3) is 2.81. The zero-order valence-corrected chi connectivity index (χ0v) is 12.3. The number of aliphatic hydroxyl groups is 1. The van der Waals surface area contributed by atoms with Crippen LogP contribution in [0.4, 0.5) is 0 Å². The lowest BCUT2D eigenvalue weighted by molar-refractivity contribution is 0.282. The molecule has 0 atom stereocenters. The highest BCUT2D eigenvalue weighted by Gasteiger charge is 2.18. The molecule has 7 heteroatoms. The van der Waals surface area contributed by atoms with E-state index in [1.165, 1.54) is 17.4 Å². The molecule has 0 unspecified atom stereocenters. The Kier molecular flexibility index (Phi) is 3.88. The number of halogens is 1. The predicted molar refractivity (Wildman–Crippen MR) is 74.8 cm³/mol. The summed E-state index contributed by atoms with van der Waals surface area (Å²) in [7, 11) is -3.80. The lowest BCUT2D eigenvalue weighted by atomic mass is 10.2. The molecular weight excluding hydrogens is 338 g/mol. The van der Waals surface area contributed by atoms with E-state index in [9.17, 15) is 8.42 Å². The van der Waals surface area contributed by atoms with Gasteiger partial charge >= 0.3 is 0 Å². The topological polar surface area (TPSA) is 80.4 Å². The lowest BCUT2D eigenvalue weighted by Gasteiger charge is -1.96. The summed E-state index contributed by atoms with van der Waals surface area (Å²) in [6.45, 7) is -0.340. The maximum atomic E-state index is 11.4. The first kappa shape index (κ1) is 13.7. The molecule has 1 aromatic heterocycles. The molecule has 0 saturated carbocycles. The number of benzene rings is 1. The highest BCUT2D eigenvalue weighted by Crippen LogP contribution is 2.34. The van der Waals surface area contributed by atoms with Crippen molar-refractivity contribution in [2.75, 3.05) is 0 Å². The highest BCUT2D eigenvalue weighted by atomic mass is 79.9. The van der Waals surface area contributed by atoms with Crippen molar-refractivity contribution in [3.8, 4) is 10.4 Å². The van der Waals surface area contributed by atoms with Crippen LogP contribution >= 0.6 is 27.3 Å². The third-order valence-electron chi connectivity index (χ3n) is 2.35. The van der Waals surface area contributed by atoms with Crippen LogP contribution in [0.3, 0.4) is 0 Å². The molecule has 0 amide bonds. The van der Waals surface area contributed by atoms with Crippen LogP contribution in [0.5, 0.6) is 0 Å². The SMILES string of the molecule is NS(=O)(=O)c1cc(-c2ccc(Br)cc2)sc1CO. The van der Waals surface area contributed by atoms with E-state index in [1.807, 2.05) is 24.3 Å². The minimum Gasteiger partial charge on any atom is -0.391 e. The summed E-state index contributed by atoms with van der Waals surface area (Å²) in [4.78, 5) is 1.11. The predicted octanol–water partition coefficient (Wildman–Crippen LogP) is 2.32. The van der Waals surface area contributed by atoms with Gasteiger partial charge in [-0.25, -0.2) is 13.6 Å².